The lowest BCUT2D eigenvalue weighted by Gasteiger charge is -2.15. The van der Waals surface area contributed by atoms with E-state index in [1.54, 1.807) is 24.3 Å². The number of amides is 1. The zero-order valence-electron chi connectivity index (χ0n) is 12.2. The molecule has 1 amide bonds. The van der Waals surface area contributed by atoms with Crippen molar-refractivity contribution in [3.8, 4) is 0 Å². The number of nitrogens with one attached hydrogen (secondary N) is 2. The van der Waals surface area contributed by atoms with Gasteiger partial charge in [-0.1, -0.05) is 12.1 Å². The Morgan fingerprint density at radius 2 is 2.04 bits per heavy atom. The van der Waals surface area contributed by atoms with E-state index in [9.17, 15) is 9.18 Å². The van der Waals surface area contributed by atoms with Gasteiger partial charge in [-0.2, -0.15) is 0 Å². The molecule has 0 spiro atoms. The number of nitrogens with two attached hydrogens (primary N) is 1. The minimum absolute atomic E-state index is 0.0290. The van der Waals surface area contributed by atoms with Crippen molar-refractivity contribution in [3.05, 3.63) is 57.8 Å². The van der Waals surface area contributed by atoms with E-state index in [4.69, 9.17) is 11.1 Å². The Labute approximate surface area is 141 Å². The van der Waals surface area contributed by atoms with Crippen molar-refractivity contribution in [2.24, 2.45) is 5.92 Å². The lowest BCUT2D eigenvalue weighted by atomic mass is 10.00. The van der Waals surface area contributed by atoms with Gasteiger partial charge in [-0.15, -0.1) is 0 Å². The minimum atomic E-state index is -0.417. The maximum Gasteiger partial charge on any atom is 0.227 e. The van der Waals surface area contributed by atoms with Gasteiger partial charge in [0.15, 0.2) is 0 Å². The highest BCUT2D eigenvalue weighted by Crippen LogP contribution is 2.35. The van der Waals surface area contributed by atoms with Crippen LogP contribution in [-0.2, 0) is 4.79 Å². The number of hydrogen-bond donors (Lipinski definition) is 3. The summed E-state index contributed by atoms with van der Waals surface area (Å²) in [6.07, 6.45) is 1.81. The molecule has 4 nitrogen and oxygen atoms in total. The summed E-state index contributed by atoms with van der Waals surface area (Å²) in [6, 6.07) is 9.12. The molecule has 118 valence electrons. The van der Waals surface area contributed by atoms with Gasteiger partial charge in [-0.25, -0.2) is 4.39 Å². The van der Waals surface area contributed by atoms with Crippen molar-refractivity contribution in [1.82, 2.24) is 0 Å². The molecule has 0 saturated heterocycles. The topological polar surface area (TPSA) is 79.0 Å². The van der Waals surface area contributed by atoms with Crippen molar-refractivity contribution in [1.29, 1.82) is 5.41 Å². The number of halogens is 2. The Balaban J connectivity index is 1.97. The molecule has 1 aliphatic rings. The summed E-state index contributed by atoms with van der Waals surface area (Å²) in [5.74, 6) is -0.371. The summed E-state index contributed by atoms with van der Waals surface area (Å²) < 4.78 is 13.9. The molecular weight excluding hydrogens is 361 g/mol. The fourth-order valence-electron chi connectivity index (χ4n) is 2.31. The smallest absolute Gasteiger partial charge is 0.227 e. The maximum absolute atomic E-state index is 13.4. The Morgan fingerprint density at radius 3 is 2.70 bits per heavy atom. The molecular formula is C17H15BrFN3O. The predicted octanol–water partition coefficient (Wildman–Crippen LogP) is 3.94. The van der Waals surface area contributed by atoms with Crippen molar-refractivity contribution < 1.29 is 9.18 Å². The van der Waals surface area contributed by atoms with Gasteiger partial charge in [0.2, 0.25) is 5.91 Å². The van der Waals surface area contributed by atoms with E-state index >= 15 is 0 Å². The van der Waals surface area contributed by atoms with Crippen LogP contribution < -0.4 is 11.1 Å². The molecule has 0 atom stereocenters. The second-order valence-electron chi connectivity index (χ2n) is 5.54. The molecule has 3 rings (SSSR count). The monoisotopic (exact) mass is 375 g/mol. The first-order valence-corrected chi connectivity index (χ1v) is 8.00. The molecule has 0 heterocycles. The molecule has 6 heteroatoms. The first kappa shape index (κ1) is 15.7. The average Bonchev–Trinajstić information content (AvgIpc) is 3.35. The number of hydrogen-bond acceptors (Lipinski definition) is 3. The van der Waals surface area contributed by atoms with Crippen LogP contribution in [0.2, 0.25) is 0 Å². The summed E-state index contributed by atoms with van der Waals surface area (Å²) in [7, 11) is 0. The van der Waals surface area contributed by atoms with Crippen molar-refractivity contribution in [2.45, 2.75) is 12.8 Å². The van der Waals surface area contributed by atoms with Crippen LogP contribution in [-0.4, -0.2) is 11.6 Å². The fourth-order valence-corrected chi connectivity index (χ4v) is 2.97. The highest BCUT2D eigenvalue weighted by atomic mass is 79.9. The lowest BCUT2D eigenvalue weighted by molar-refractivity contribution is -0.117. The molecule has 1 aliphatic carbocycles. The van der Waals surface area contributed by atoms with Gasteiger partial charge in [0.25, 0.3) is 0 Å². The van der Waals surface area contributed by atoms with E-state index in [0.717, 1.165) is 12.8 Å². The van der Waals surface area contributed by atoms with E-state index in [-0.39, 0.29) is 17.5 Å². The third-order valence-corrected chi connectivity index (χ3v) is 4.57. The van der Waals surface area contributed by atoms with Gasteiger partial charge in [0.1, 0.15) is 5.82 Å². The van der Waals surface area contributed by atoms with Gasteiger partial charge in [0, 0.05) is 22.7 Å². The van der Waals surface area contributed by atoms with E-state index in [0.29, 0.717) is 27.0 Å². The number of carbonyl (C=O) groups is 1. The third-order valence-electron chi connectivity index (χ3n) is 3.74. The van der Waals surface area contributed by atoms with Gasteiger partial charge in [-0.3, -0.25) is 10.2 Å². The van der Waals surface area contributed by atoms with Crippen LogP contribution >= 0.6 is 15.9 Å². The van der Waals surface area contributed by atoms with Crippen molar-refractivity contribution in [2.75, 3.05) is 11.1 Å². The predicted molar refractivity (Wildman–Crippen MR) is 92.2 cm³/mol. The summed E-state index contributed by atoms with van der Waals surface area (Å²) >= 11 is 3.42. The Bertz CT molecular complexity index is 802. The molecule has 2 aromatic rings. The van der Waals surface area contributed by atoms with Crippen LogP contribution in [0, 0.1) is 17.1 Å². The molecule has 2 aromatic carbocycles. The van der Waals surface area contributed by atoms with Crippen LogP contribution in [0.25, 0.3) is 0 Å². The summed E-state index contributed by atoms with van der Waals surface area (Å²) in [5.41, 5.74) is 7.89. The Kier molecular flexibility index (Phi) is 4.17. The Morgan fingerprint density at radius 1 is 1.30 bits per heavy atom. The zero-order valence-corrected chi connectivity index (χ0v) is 13.8. The van der Waals surface area contributed by atoms with E-state index in [2.05, 4.69) is 21.2 Å². The van der Waals surface area contributed by atoms with Crippen LogP contribution in [0.15, 0.2) is 40.9 Å². The molecule has 0 bridgehead atoms. The molecule has 0 radical (unpaired) electrons. The first-order chi connectivity index (χ1) is 11.0. The highest BCUT2D eigenvalue weighted by molar-refractivity contribution is 9.10. The summed E-state index contributed by atoms with van der Waals surface area (Å²) in [6.45, 7) is 0. The van der Waals surface area contributed by atoms with Crippen molar-refractivity contribution in [3.63, 3.8) is 0 Å². The molecule has 4 N–H and O–H groups in total. The van der Waals surface area contributed by atoms with E-state index in [1.165, 1.54) is 12.1 Å². The highest BCUT2D eigenvalue weighted by Gasteiger charge is 2.30. The molecule has 0 aliphatic heterocycles. The van der Waals surface area contributed by atoms with Gasteiger partial charge >= 0.3 is 0 Å². The Hall–Kier alpha value is -2.21. The number of anilines is 2. The number of rotatable bonds is 4. The maximum atomic E-state index is 13.4. The largest absolute Gasteiger partial charge is 0.398 e. The second-order valence-corrected chi connectivity index (χ2v) is 6.33. The minimum Gasteiger partial charge on any atom is -0.398 e. The normalized spacial score (nSPS) is 13.7. The quantitative estimate of drug-likeness (QED) is 0.558. The lowest BCUT2D eigenvalue weighted by Crippen LogP contribution is -2.15. The van der Waals surface area contributed by atoms with Crippen molar-refractivity contribution >= 4 is 38.9 Å². The SMILES string of the molecule is N=C(c1cccc(F)c1)c1c(N)ccc(NC(=O)C2CC2)c1Br. The molecule has 0 aromatic heterocycles. The van der Waals surface area contributed by atoms with E-state index < -0.39 is 5.82 Å². The van der Waals surface area contributed by atoms with Gasteiger partial charge in [0.05, 0.1) is 15.9 Å². The third kappa shape index (κ3) is 3.27. The van der Waals surface area contributed by atoms with Gasteiger partial charge < -0.3 is 11.1 Å². The number of benzene rings is 2. The summed E-state index contributed by atoms with van der Waals surface area (Å²) in [4.78, 5) is 11.9. The van der Waals surface area contributed by atoms with E-state index in [1.807, 2.05) is 0 Å². The zero-order chi connectivity index (χ0) is 16.6. The number of nitrogen functional groups attached to an aromatic ring is 1. The molecule has 1 saturated carbocycles. The second kappa shape index (κ2) is 6.12. The molecule has 0 unspecified atom stereocenters. The average molecular weight is 376 g/mol. The molecule has 23 heavy (non-hydrogen) atoms. The fraction of sp³-hybridized carbons (Fsp3) is 0.176. The van der Waals surface area contributed by atoms with Crippen LogP contribution in [0.1, 0.15) is 24.0 Å². The van der Waals surface area contributed by atoms with Crippen LogP contribution in [0.3, 0.4) is 0 Å². The summed E-state index contributed by atoms with van der Waals surface area (Å²) in [5, 5.41) is 11.2. The molecule has 1 fully saturated rings. The van der Waals surface area contributed by atoms with Crippen LogP contribution in [0.5, 0.6) is 0 Å². The van der Waals surface area contributed by atoms with Gasteiger partial charge in [-0.05, 0) is 53.0 Å². The van der Waals surface area contributed by atoms with Crippen LogP contribution in [0.4, 0.5) is 15.8 Å². The number of carbonyl (C=O) groups excluding carboxylic acids is 1. The standard InChI is InChI=1S/C17H15BrFN3O/c18-15-13(22-17(23)9-4-5-9)7-6-12(20)14(15)16(21)10-2-1-3-11(19)8-10/h1-3,6-9,21H,4-5,20H2,(H,22,23). The first-order valence-electron chi connectivity index (χ1n) is 7.21.